The average molecular weight is 157 g/mol. The molecule has 0 atom stereocenters. The number of rotatable bonds is 4. The number of carboxylic acid groups (broad SMARTS) is 1. The Bertz CT molecular complexity index is 173. The molecule has 0 aromatic heterocycles. The molecule has 0 aromatic carbocycles. The standard InChI is InChI=1S/C8H15NO2/c1-3-5-6(8(10)11)7(9)4-2/h3-5,9H2,1-2H3,(H,10,11). The maximum Gasteiger partial charge on any atom is 0.333 e. The van der Waals surface area contributed by atoms with Crippen molar-refractivity contribution in [1.82, 2.24) is 0 Å². The Balaban J connectivity index is 4.43. The highest BCUT2D eigenvalue weighted by Gasteiger charge is 2.08. The fourth-order valence-electron chi connectivity index (χ4n) is 0.868. The molecule has 0 aromatic rings. The van der Waals surface area contributed by atoms with Crippen molar-refractivity contribution in [1.29, 1.82) is 0 Å². The lowest BCUT2D eigenvalue weighted by atomic mass is 10.1. The van der Waals surface area contributed by atoms with Crippen LogP contribution in [0.4, 0.5) is 0 Å². The van der Waals surface area contributed by atoms with Crippen molar-refractivity contribution in [2.75, 3.05) is 0 Å². The molecule has 0 fully saturated rings. The summed E-state index contributed by atoms with van der Waals surface area (Å²) in [6.07, 6.45) is 2.00. The molecule has 0 saturated carbocycles. The predicted molar refractivity (Wildman–Crippen MR) is 44.0 cm³/mol. The van der Waals surface area contributed by atoms with Crippen LogP contribution in [0.15, 0.2) is 11.3 Å². The molecule has 0 amide bonds. The van der Waals surface area contributed by atoms with Gasteiger partial charge in [-0.05, 0) is 12.8 Å². The van der Waals surface area contributed by atoms with Crippen LogP contribution in [0.25, 0.3) is 0 Å². The smallest absolute Gasteiger partial charge is 0.333 e. The highest BCUT2D eigenvalue weighted by atomic mass is 16.4. The summed E-state index contributed by atoms with van der Waals surface area (Å²) in [6.45, 7) is 3.79. The Kier molecular flexibility index (Phi) is 4.34. The first kappa shape index (κ1) is 10.0. The number of nitrogens with two attached hydrogens (primary N) is 1. The summed E-state index contributed by atoms with van der Waals surface area (Å²) in [5.41, 5.74) is 6.37. The average Bonchev–Trinajstić information content (AvgIpc) is 1.98. The molecular formula is C8H15NO2. The molecule has 0 heterocycles. The normalized spacial score (nSPS) is 12.5. The highest BCUT2D eigenvalue weighted by Crippen LogP contribution is 2.09. The summed E-state index contributed by atoms with van der Waals surface area (Å²) in [4.78, 5) is 10.6. The molecule has 3 heteroatoms. The van der Waals surface area contributed by atoms with Gasteiger partial charge in [0.25, 0.3) is 0 Å². The largest absolute Gasteiger partial charge is 0.478 e. The van der Waals surface area contributed by atoms with Gasteiger partial charge in [0.2, 0.25) is 0 Å². The van der Waals surface area contributed by atoms with E-state index in [0.29, 0.717) is 24.1 Å². The third-order valence-electron chi connectivity index (χ3n) is 1.53. The van der Waals surface area contributed by atoms with E-state index >= 15 is 0 Å². The van der Waals surface area contributed by atoms with E-state index in [1.54, 1.807) is 0 Å². The lowest BCUT2D eigenvalue weighted by Gasteiger charge is -2.03. The first-order valence-corrected chi connectivity index (χ1v) is 3.84. The minimum atomic E-state index is -0.883. The molecule has 64 valence electrons. The summed E-state index contributed by atoms with van der Waals surface area (Å²) >= 11 is 0. The van der Waals surface area contributed by atoms with Gasteiger partial charge in [0.15, 0.2) is 0 Å². The first-order valence-electron chi connectivity index (χ1n) is 3.84. The van der Waals surface area contributed by atoms with Crippen molar-refractivity contribution >= 4 is 5.97 Å². The van der Waals surface area contributed by atoms with Crippen LogP contribution in [0.5, 0.6) is 0 Å². The predicted octanol–water partition coefficient (Wildman–Crippen LogP) is 1.49. The summed E-state index contributed by atoms with van der Waals surface area (Å²) in [5, 5.41) is 8.67. The Morgan fingerprint density at radius 2 is 2.00 bits per heavy atom. The maximum absolute atomic E-state index is 10.6. The van der Waals surface area contributed by atoms with Crippen molar-refractivity contribution in [2.24, 2.45) is 5.73 Å². The second-order valence-electron chi connectivity index (χ2n) is 2.41. The van der Waals surface area contributed by atoms with Crippen molar-refractivity contribution in [3.8, 4) is 0 Å². The molecule has 11 heavy (non-hydrogen) atoms. The van der Waals surface area contributed by atoms with Gasteiger partial charge in [0, 0.05) is 5.70 Å². The molecule has 0 unspecified atom stereocenters. The SMILES string of the molecule is CCCC(C(=O)O)=C(N)CC. The number of carbonyl (C=O) groups is 1. The fourth-order valence-corrected chi connectivity index (χ4v) is 0.868. The zero-order valence-electron chi connectivity index (χ0n) is 7.05. The third kappa shape index (κ3) is 3.07. The molecule has 0 rings (SSSR count). The van der Waals surface area contributed by atoms with Gasteiger partial charge in [-0.15, -0.1) is 0 Å². The van der Waals surface area contributed by atoms with E-state index in [1.807, 2.05) is 13.8 Å². The zero-order valence-corrected chi connectivity index (χ0v) is 7.05. The fraction of sp³-hybridized carbons (Fsp3) is 0.625. The highest BCUT2D eigenvalue weighted by molar-refractivity contribution is 5.87. The van der Waals surface area contributed by atoms with E-state index in [1.165, 1.54) is 0 Å². The van der Waals surface area contributed by atoms with E-state index in [4.69, 9.17) is 10.8 Å². The number of aliphatic carboxylic acids is 1. The second kappa shape index (κ2) is 4.77. The lowest BCUT2D eigenvalue weighted by molar-refractivity contribution is -0.132. The minimum Gasteiger partial charge on any atom is -0.478 e. The van der Waals surface area contributed by atoms with E-state index in [2.05, 4.69) is 0 Å². The van der Waals surface area contributed by atoms with Crippen molar-refractivity contribution < 1.29 is 9.90 Å². The lowest BCUT2D eigenvalue weighted by Crippen LogP contribution is -2.09. The van der Waals surface area contributed by atoms with Crippen LogP contribution in [0.3, 0.4) is 0 Å². The molecule has 0 aliphatic carbocycles. The Morgan fingerprint density at radius 1 is 1.45 bits per heavy atom. The minimum absolute atomic E-state index is 0.370. The molecule has 0 spiro atoms. The molecule has 0 aliphatic rings. The van der Waals surface area contributed by atoms with E-state index in [0.717, 1.165) is 6.42 Å². The zero-order chi connectivity index (χ0) is 8.85. The molecule has 3 nitrogen and oxygen atoms in total. The van der Waals surface area contributed by atoms with Crippen LogP contribution in [0, 0.1) is 0 Å². The Morgan fingerprint density at radius 3 is 2.27 bits per heavy atom. The van der Waals surface area contributed by atoms with E-state index < -0.39 is 5.97 Å². The quantitative estimate of drug-likeness (QED) is 0.608. The van der Waals surface area contributed by atoms with Crippen LogP contribution in [0.2, 0.25) is 0 Å². The van der Waals surface area contributed by atoms with Crippen LogP contribution in [-0.4, -0.2) is 11.1 Å². The van der Waals surface area contributed by atoms with Crippen LogP contribution < -0.4 is 5.73 Å². The van der Waals surface area contributed by atoms with Gasteiger partial charge >= 0.3 is 5.97 Å². The molecular weight excluding hydrogens is 142 g/mol. The number of hydrogen-bond donors (Lipinski definition) is 2. The van der Waals surface area contributed by atoms with Crippen LogP contribution >= 0.6 is 0 Å². The summed E-state index contributed by atoms with van der Waals surface area (Å²) < 4.78 is 0. The van der Waals surface area contributed by atoms with E-state index in [-0.39, 0.29) is 0 Å². The number of hydrogen-bond acceptors (Lipinski definition) is 2. The molecule has 0 aliphatic heterocycles. The van der Waals surface area contributed by atoms with Gasteiger partial charge in [-0.3, -0.25) is 0 Å². The van der Waals surface area contributed by atoms with Gasteiger partial charge in [-0.1, -0.05) is 20.3 Å². The van der Waals surface area contributed by atoms with E-state index in [9.17, 15) is 4.79 Å². The Labute approximate surface area is 66.9 Å². The molecule has 0 saturated heterocycles. The number of allylic oxidation sites excluding steroid dienone is 1. The Hall–Kier alpha value is -0.990. The topological polar surface area (TPSA) is 63.3 Å². The van der Waals surface area contributed by atoms with Crippen molar-refractivity contribution in [3.63, 3.8) is 0 Å². The summed E-state index contributed by atoms with van der Waals surface area (Å²) in [6, 6.07) is 0. The summed E-state index contributed by atoms with van der Waals surface area (Å²) in [5.74, 6) is -0.883. The van der Waals surface area contributed by atoms with Gasteiger partial charge in [-0.2, -0.15) is 0 Å². The molecule has 0 radical (unpaired) electrons. The summed E-state index contributed by atoms with van der Waals surface area (Å²) in [7, 11) is 0. The number of carboxylic acids is 1. The van der Waals surface area contributed by atoms with Gasteiger partial charge < -0.3 is 10.8 Å². The van der Waals surface area contributed by atoms with Crippen molar-refractivity contribution in [3.05, 3.63) is 11.3 Å². The van der Waals surface area contributed by atoms with Gasteiger partial charge in [0.05, 0.1) is 5.57 Å². The first-order chi connectivity index (χ1) is 5.13. The second-order valence-corrected chi connectivity index (χ2v) is 2.41. The third-order valence-corrected chi connectivity index (χ3v) is 1.53. The molecule has 0 bridgehead atoms. The van der Waals surface area contributed by atoms with Crippen LogP contribution in [0.1, 0.15) is 33.1 Å². The molecule has 3 N–H and O–H groups in total. The van der Waals surface area contributed by atoms with Crippen LogP contribution in [-0.2, 0) is 4.79 Å². The van der Waals surface area contributed by atoms with Gasteiger partial charge in [0.1, 0.15) is 0 Å². The monoisotopic (exact) mass is 157 g/mol. The van der Waals surface area contributed by atoms with Gasteiger partial charge in [-0.25, -0.2) is 4.79 Å². The van der Waals surface area contributed by atoms with Crippen molar-refractivity contribution in [2.45, 2.75) is 33.1 Å². The maximum atomic E-state index is 10.6.